The number of carbonyl (C=O) groups is 3. The van der Waals surface area contributed by atoms with Gasteiger partial charge in [0.2, 0.25) is 0 Å². The molecule has 0 bridgehead atoms. The van der Waals surface area contributed by atoms with Crippen LogP contribution in [0.15, 0.2) is 102 Å². The van der Waals surface area contributed by atoms with E-state index in [1.807, 2.05) is 66.7 Å². The number of anilines is 1. The number of carboxylic acids is 1. The summed E-state index contributed by atoms with van der Waals surface area (Å²) >= 11 is 3.41. The van der Waals surface area contributed by atoms with Gasteiger partial charge in [-0.25, -0.2) is 4.79 Å². The standard InChI is InChI=1S/C32H27BrN2O5/c33-22-14-15-27(31(38)35(17-16-30(36)37)19-21-8-2-1-3-9-21)29(18-22)34-32(39)40-20-28-25-12-6-4-10-23(25)24-11-5-7-13-26(24)28/h1-15,18,28H,16-17,19-20H2,(H,34,39)(H,36,37). The van der Waals surface area contributed by atoms with Crippen LogP contribution in [0.25, 0.3) is 11.1 Å². The number of halogens is 1. The zero-order chi connectivity index (χ0) is 28.1. The fourth-order valence-corrected chi connectivity index (χ4v) is 5.37. The third-order valence-corrected chi connectivity index (χ3v) is 7.38. The largest absolute Gasteiger partial charge is 0.481 e. The Labute approximate surface area is 240 Å². The van der Waals surface area contributed by atoms with Crippen LogP contribution in [0.4, 0.5) is 10.5 Å². The van der Waals surface area contributed by atoms with Crippen LogP contribution in [0.2, 0.25) is 0 Å². The number of benzene rings is 4. The molecular formula is C32H27BrN2O5. The van der Waals surface area contributed by atoms with E-state index < -0.39 is 18.0 Å². The molecule has 0 aromatic heterocycles. The minimum atomic E-state index is -1.00. The lowest BCUT2D eigenvalue weighted by molar-refractivity contribution is -0.137. The maximum Gasteiger partial charge on any atom is 0.411 e. The van der Waals surface area contributed by atoms with Crippen LogP contribution in [0, 0.1) is 0 Å². The van der Waals surface area contributed by atoms with Gasteiger partial charge in [0.15, 0.2) is 0 Å². The average Bonchev–Trinajstić information content (AvgIpc) is 3.28. The molecule has 0 fully saturated rings. The van der Waals surface area contributed by atoms with Crippen molar-refractivity contribution in [1.82, 2.24) is 4.90 Å². The van der Waals surface area contributed by atoms with Crippen molar-refractivity contribution < 1.29 is 24.2 Å². The van der Waals surface area contributed by atoms with E-state index in [0.29, 0.717) is 4.47 Å². The first kappa shape index (κ1) is 27.1. The van der Waals surface area contributed by atoms with Gasteiger partial charge in [0.25, 0.3) is 5.91 Å². The van der Waals surface area contributed by atoms with Crippen molar-refractivity contribution in [3.05, 3.63) is 124 Å². The van der Waals surface area contributed by atoms with Crippen LogP contribution < -0.4 is 5.32 Å². The first-order valence-corrected chi connectivity index (χ1v) is 13.7. The monoisotopic (exact) mass is 598 g/mol. The zero-order valence-corrected chi connectivity index (χ0v) is 23.1. The van der Waals surface area contributed by atoms with Crippen LogP contribution in [-0.4, -0.2) is 41.1 Å². The molecule has 4 aromatic carbocycles. The number of hydrogen-bond donors (Lipinski definition) is 2. The molecule has 0 radical (unpaired) electrons. The van der Waals surface area contributed by atoms with Gasteiger partial charge in [0.05, 0.1) is 17.7 Å². The van der Waals surface area contributed by atoms with Gasteiger partial charge in [-0.05, 0) is 46.0 Å². The van der Waals surface area contributed by atoms with Gasteiger partial charge in [-0.15, -0.1) is 0 Å². The van der Waals surface area contributed by atoms with E-state index in [4.69, 9.17) is 4.74 Å². The summed E-state index contributed by atoms with van der Waals surface area (Å²) in [6.07, 6.45) is -0.890. The number of rotatable bonds is 9. The molecule has 202 valence electrons. The van der Waals surface area contributed by atoms with Crippen molar-refractivity contribution in [2.24, 2.45) is 0 Å². The second kappa shape index (κ2) is 12.2. The summed E-state index contributed by atoms with van der Waals surface area (Å²) in [7, 11) is 0. The van der Waals surface area contributed by atoms with Crippen molar-refractivity contribution in [1.29, 1.82) is 0 Å². The Kier molecular flexibility index (Phi) is 8.26. The summed E-state index contributed by atoms with van der Waals surface area (Å²) in [4.78, 5) is 39.4. The maximum absolute atomic E-state index is 13.6. The molecule has 1 aliphatic carbocycles. The molecule has 0 aliphatic heterocycles. The molecule has 0 saturated carbocycles. The lowest BCUT2D eigenvalue weighted by Gasteiger charge is -2.24. The van der Waals surface area contributed by atoms with E-state index in [2.05, 4.69) is 33.4 Å². The van der Waals surface area contributed by atoms with E-state index in [-0.39, 0.29) is 43.3 Å². The normalized spacial score (nSPS) is 11.8. The third-order valence-electron chi connectivity index (χ3n) is 6.89. The van der Waals surface area contributed by atoms with Crippen LogP contribution in [0.3, 0.4) is 0 Å². The molecule has 0 unspecified atom stereocenters. The van der Waals surface area contributed by atoms with Gasteiger partial charge < -0.3 is 14.7 Å². The predicted molar refractivity (Wildman–Crippen MR) is 156 cm³/mol. The van der Waals surface area contributed by atoms with Gasteiger partial charge in [-0.1, -0.05) is 94.8 Å². The number of nitrogens with one attached hydrogen (secondary N) is 1. The SMILES string of the molecule is O=C(O)CCN(Cc1ccccc1)C(=O)c1ccc(Br)cc1NC(=O)OCC1c2ccccc2-c2ccccc21. The molecule has 4 aromatic rings. The number of amides is 2. The van der Waals surface area contributed by atoms with E-state index in [1.165, 1.54) is 4.90 Å². The molecule has 0 heterocycles. The number of ether oxygens (including phenoxy) is 1. The number of carbonyl (C=O) groups excluding carboxylic acids is 2. The molecule has 0 atom stereocenters. The molecule has 1 aliphatic rings. The Morgan fingerprint density at radius 2 is 1.48 bits per heavy atom. The number of aliphatic carboxylic acids is 1. The van der Waals surface area contributed by atoms with Crippen LogP contribution in [0.1, 0.15) is 39.4 Å². The number of carboxylic acid groups (broad SMARTS) is 1. The molecule has 2 amide bonds. The van der Waals surface area contributed by atoms with E-state index >= 15 is 0 Å². The molecular weight excluding hydrogens is 572 g/mol. The summed E-state index contributed by atoms with van der Waals surface area (Å²) in [5, 5.41) is 12.0. The minimum absolute atomic E-state index is 0.0174. The molecule has 5 rings (SSSR count). The summed E-state index contributed by atoms with van der Waals surface area (Å²) in [6, 6.07) is 30.4. The molecule has 8 heteroatoms. The van der Waals surface area contributed by atoms with E-state index in [0.717, 1.165) is 27.8 Å². The van der Waals surface area contributed by atoms with Crippen LogP contribution in [0.5, 0.6) is 0 Å². The van der Waals surface area contributed by atoms with E-state index in [1.54, 1.807) is 18.2 Å². The van der Waals surface area contributed by atoms with Gasteiger partial charge in [-0.3, -0.25) is 14.9 Å². The van der Waals surface area contributed by atoms with Crippen molar-refractivity contribution >= 4 is 39.6 Å². The molecule has 0 spiro atoms. The van der Waals surface area contributed by atoms with Crippen LogP contribution >= 0.6 is 15.9 Å². The summed E-state index contributed by atoms with van der Waals surface area (Å²) < 4.78 is 6.35. The number of hydrogen-bond acceptors (Lipinski definition) is 4. The van der Waals surface area contributed by atoms with Crippen LogP contribution in [-0.2, 0) is 16.1 Å². The number of fused-ring (bicyclic) bond motifs is 3. The lowest BCUT2D eigenvalue weighted by Crippen LogP contribution is -2.33. The van der Waals surface area contributed by atoms with Crippen molar-refractivity contribution in [3.63, 3.8) is 0 Å². The Hall–Kier alpha value is -4.43. The zero-order valence-electron chi connectivity index (χ0n) is 21.5. The Balaban J connectivity index is 1.33. The minimum Gasteiger partial charge on any atom is -0.481 e. The highest BCUT2D eigenvalue weighted by molar-refractivity contribution is 9.10. The smallest absolute Gasteiger partial charge is 0.411 e. The summed E-state index contributed by atoms with van der Waals surface area (Å²) in [5.74, 6) is -1.50. The van der Waals surface area contributed by atoms with Gasteiger partial charge in [-0.2, -0.15) is 0 Å². The maximum atomic E-state index is 13.6. The van der Waals surface area contributed by atoms with Crippen molar-refractivity contribution in [2.75, 3.05) is 18.5 Å². The Morgan fingerprint density at radius 1 is 0.850 bits per heavy atom. The molecule has 0 saturated heterocycles. The average molecular weight is 599 g/mol. The first-order chi connectivity index (χ1) is 19.4. The highest BCUT2D eigenvalue weighted by Crippen LogP contribution is 2.44. The highest BCUT2D eigenvalue weighted by atomic mass is 79.9. The Morgan fingerprint density at radius 3 is 2.12 bits per heavy atom. The Bertz CT molecular complexity index is 1510. The van der Waals surface area contributed by atoms with E-state index in [9.17, 15) is 19.5 Å². The number of nitrogens with zero attached hydrogens (tertiary/aromatic N) is 1. The second-order valence-corrected chi connectivity index (χ2v) is 10.4. The fourth-order valence-electron chi connectivity index (χ4n) is 5.01. The van der Waals surface area contributed by atoms with Crippen molar-refractivity contribution in [3.8, 4) is 11.1 Å². The molecule has 7 nitrogen and oxygen atoms in total. The lowest BCUT2D eigenvalue weighted by atomic mass is 9.98. The van der Waals surface area contributed by atoms with Crippen molar-refractivity contribution in [2.45, 2.75) is 18.9 Å². The fraction of sp³-hybridized carbons (Fsp3) is 0.156. The quantitative estimate of drug-likeness (QED) is 0.218. The third kappa shape index (κ3) is 6.07. The summed E-state index contributed by atoms with van der Waals surface area (Å²) in [6.45, 7) is 0.382. The highest BCUT2D eigenvalue weighted by Gasteiger charge is 2.29. The summed E-state index contributed by atoms with van der Waals surface area (Å²) in [5.41, 5.74) is 5.83. The van der Waals surface area contributed by atoms with Gasteiger partial charge >= 0.3 is 12.1 Å². The second-order valence-electron chi connectivity index (χ2n) is 9.50. The first-order valence-electron chi connectivity index (χ1n) is 12.9. The molecule has 2 N–H and O–H groups in total. The topological polar surface area (TPSA) is 95.9 Å². The predicted octanol–water partition coefficient (Wildman–Crippen LogP) is 6.93. The van der Waals surface area contributed by atoms with Gasteiger partial charge in [0.1, 0.15) is 6.61 Å². The molecule has 40 heavy (non-hydrogen) atoms. The van der Waals surface area contributed by atoms with Gasteiger partial charge in [0, 0.05) is 23.5 Å².